The molecule has 2 saturated heterocycles. The summed E-state index contributed by atoms with van der Waals surface area (Å²) >= 11 is 0. The molecule has 40 heavy (non-hydrogen) atoms. The smallest absolute Gasteiger partial charge is 0.226 e. The van der Waals surface area contributed by atoms with Crippen molar-refractivity contribution in [2.24, 2.45) is 5.92 Å². The molecule has 4 aromatic rings. The highest BCUT2D eigenvalue weighted by atomic mass is 16.7. The maximum absolute atomic E-state index is 6.25. The van der Waals surface area contributed by atoms with E-state index in [4.69, 9.17) is 28.9 Å². The molecule has 0 radical (unpaired) electrons. The summed E-state index contributed by atoms with van der Waals surface area (Å²) in [4.78, 5) is 12.2. The highest BCUT2D eigenvalue weighted by Crippen LogP contribution is 2.34. The van der Waals surface area contributed by atoms with Gasteiger partial charge in [-0.05, 0) is 49.1 Å². The number of pyridine rings is 2. The van der Waals surface area contributed by atoms with E-state index in [0.29, 0.717) is 44.1 Å². The molecule has 7 heteroatoms. The van der Waals surface area contributed by atoms with Crippen LogP contribution in [0.2, 0.25) is 0 Å². The largest absolute Gasteiger partial charge is 0.473 e. The number of hydrogen-bond acceptors (Lipinski definition) is 7. The van der Waals surface area contributed by atoms with Crippen molar-refractivity contribution in [3.8, 4) is 23.0 Å². The van der Waals surface area contributed by atoms with Crippen LogP contribution in [0, 0.1) is 12.8 Å². The fourth-order valence-electron chi connectivity index (χ4n) is 5.37. The Kier molecular flexibility index (Phi) is 8.21. The Morgan fingerprint density at radius 2 is 1.40 bits per heavy atom. The average Bonchev–Trinajstić information content (AvgIpc) is 3.56. The molecule has 4 heterocycles. The van der Waals surface area contributed by atoms with Gasteiger partial charge in [-0.2, -0.15) is 4.98 Å². The first kappa shape index (κ1) is 26.3. The van der Waals surface area contributed by atoms with Crippen LogP contribution in [0.15, 0.2) is 84.9 Å². The van der Waals surface area contributed by atoms with Gasteiger partial charge in [0.25, 0.3) is 0 Å². The van der Waals surface area contributed by atoms with Crippen LogP contribution >= 0.6 is 0 Å². The second-order valence-corrected chi connectivity index (χ2v) is 10.3. The van der Waals surface area contributed by atoms with Crippen LogP contribution < -0.4 is 14.4 Å². The van der Waals surface area contributed by atoms with Crippen molar-refractivity contribution in [2.45, 2.75) is 39.3 Å². The van der Waals surface area contributed by atoms with E-state index in [9.17, 15) is 0 Å². The predicted molar refractivity (Wildman–Crippen MR) is 154 cm³/mol. The molecule has 2 aromatic carbocycles. The van der Waals surface area contributed by atoms with Gasteiger partial charge in [-0.1, -0.05) is 60.7 Å². The Morgan fingerprint density at radius 3 is 2.05 bits per heavy atom. The Bertz CT molecular complexity index is 1390. The third-order valence-corrected chi connectivity index (χ3v) is 7.53. The zero-order valence-electron chi connectivity index (χ0n) is 22.9. The lowest BCUT2D eigenvalue weighted by Gasteiger charge is -2.35. The number of rotatable bonds is 9. The Morgan fingerprint density at radius 1 is 0.750 bits per heavy atom. The summed E-state index contributed by atoms with van der Waals surface area (Å²) < 4.78 is 23.8. The maximum atomic E-state index is 6.25. The predicted octanol–water partition coefficient (Wildman–Crippen LogP) is 6.20. The molecule has 2 aliphatic rings. The quantitative estimate of drug-likeness (QED) is 0.252. The molecule has 206 valence electrons. The Hall–Kier alpha value is -3.94. The minimum Gasteiger partial charge on any atom is -0.473 e. The lowest BCUT2D eigenvalue weighted by atomic mass is 9.95. The van der Waals surface area contributed by atoms with Gasteiger partial charge in [0.15, 0.2) is 6.29 Å². The molecule has 0 unspecified atom stereocenters. The van der Waals surface area contributed by atoms with Gasteiger partial charge in [0, 0.05) is 25.1 Å². The first-order chi connectivity index (χ1) is 19.7. The standard InChI is InChI=1S/C33H35N3O4/c1-24-30(36-18-16-27(17-19-36)33-37-20-21-38-33)14-13-29(34-24)28-12-15-31(39-22-25-8-4-2-5-9-25)35-32(28)40-23-26-10-6-3-7-11-26/h2-15,27,33H,16-23H2,1H3. The number of nitrogens with zero attached hydrogens (tertiary/aromatic N) is 3. The van der Waals surface area contributed by atoms with Crippen molar-refractivity contribution in [1.29, 1.82) is 0 Å². The van der Waals surface area contributed by atoms with Gasteiger partial charge >= 0.3 is 0 Å². The van der Waals surface area contributed by atoms with Crippen LogP contribution in [0.25, 0.3) is 11.3 Å². The summed E-state index contributed by atoms with van der Waals surface area (Å²) in [5.74, 6) is 1.48. The number of aromatic nitrogens is 2. The number of ether oxygens (including phenoxy) is 4. The average molecular weight is 538 g/mol. The molecular formula is C33H35N3O4. The van der Waals surface area contributed by atoms with Gasteiger partial charge in [0.2, 0.25) is 11.8 Å². The molecule has 0 aliphatic carbocycles. The molecular weight excluding hydrogens is 502 g/mol. The Labute approximate surface area is 235 Å². The van der Waals surface area contributed by atoms with Crippen molar-refractivity contribution in [3.63, 3.8) is 0 Å². The summed E-state index contributed by atoms with van der Waals surface area (Å²) in [6.45, 7) is 6.27. The van der Waals surface area contributed by atoms with E-state index in [1.165, 1.54) is 0 Å². The van der Waals surface area contributed by atoms with Crippen molar-refractivity contribution in [1.82, 2.24) is 9.97 Å². The summed E-state index contributed by atoms with van der Waals surface area (Å²) in [5, 5.41) is 0. The second-order valence-electron chi connectivity index (χ2n) is 10.3. The van der Waals surface area contributed by atoms with Crippen molar-refractivity contribution < 1.29 is 18.9 Å². The summed E-state index contributed by atoms with van der Waals surface area (Å²) in [6, 6.07) is 28.3. The maximum Gasteiger partial charge on any atom is 0.226 e. The zero-order valence-corrected chi connectivity index (χ0v) is 22.9. The molecule has 0 bridgehead atoms. The number of piperidine rings is 1. The highest BCUT2D eigenvalue weighted by molar-refractivity contribution is 5.68. The molecule has 0 atom stereocenters. The fraction of sp³-hybridized carbons (Fsp3) is 0.333. The number of benzene rings is 2. The van der Waals surface area contributed by atoms with Crippen LogP contribution in [0.5, 0.6) is 11.8 Å². The van der Waals surface area contributed by atoms with Gasteiger partial charge in [0.1, 0.15) is 13.2 Å². The van der Waals surface area contributed by atoms with E-state index < -0.39 is 0 Å². The topological polar surface area (TPSA) is 65.9 Å². The monoisotopic (exact) mass is 537 g/mol. The van der Waals surface area contributed by atoms with Crippen LogP contribution in [0.4, 0.5) is 5.69 Å². The van der Waals surface area contributed by atoms with Crippen molar-refractivity contribution in [3.05, 3.63) is 102 Å². The number of aryl methyl sites for hydroxylation is 1. The SMILES string of the molecule is Cc1nc(-c2ccc(OCc3ccccc3)nc2OCc2ccccc2)ccc1N1CCC(C2OCCO2)CC1. The van der Waals surface area contributed by atoms with Crippen LogP contribution in [0.3, 0.4) is 0 Å². The molecule has 6 rings (SSSR count). The van der Waals surface area contributed by atoms with Crippen LogP contribution in [0.1, 0.15) is 29.7 Å². The molecule has 0 saturated carbocycles. The number of anilines is 1. The third kappa shape index (κ3) is 6.27. The van der Waals surface area contributed by atoms with Gasteiger partial charge in [-0.15, -0.1) is 0 Å². The van der Waals surface area contributed by atoms with E-state index in [0.717, 1.165) is 59.7 Å². The highest BCUT2D eigenvalue weighted by Gasteiger charge is 2.31. The minimum absolute atomic E-state index is 0.0369. The summed E-state index contributed by atoms with van der Waals surface area (Å²) in [5.41, 5.74) is 5.98. The van der Waals surface area contributed by atoms with E-state index in [1.807, 2.05) is 72.8 Å². The fourth-order valence-corrected chi connectivity index (χ4v) is 5.37. The molecule has 0 N–H and O–H groups in total. The first-order valence-electron chi connectivity index (χ1n) is 14.0. The Balaban J connectivity index is 1.20. The van der Waals surface area contributed by atoms with Gasteiger partial charge in [-0.3, -0.25) is 4.98 Å². The normalized spacial score (nSPS) is 16.3. The van der Waals surface area contributed by atoms with E-state index in [1.54, 1.807) is 0 Å². The van der Waals surface area contributed by atoms with E-state index in [2.05, 4.69) is 24.0 Å². The van der Waals surface area contributed by atoms with E-state index >= 15 is 0 Å². The summed E-state index contributed by atoms with van der Waals surface area (Å²) in [6.07, 6.45) is 2.07. The molecule has 2 aromatic heterocycles. The van der Waals surface area contributed by atoms with Crippen LogP contribution in [-0.2, 0) is 22.7 Å². The molecule has 0 amide bonds. The van der Waals surface area contributed by atoms with E-state index in [-0.39, 0.29) is 6.29 Å². The number of hydrogen-bond donors (Lipinski definition) is 0. The van der Waals surface area contributed by atoms with Crippen LogP contribution in [-0.4, -0.2) is 42.6 Å². The summed E-state index contributed by atoms with van der Waals surface area (Å²) in [7, 11) is 0. The lowest BCUT2D eigenvalue weighted by molar-refractivity contribution is -0.0889. The van der Waals surface area contributed by atoms with Crippen molar-refractivity contribution in [2.75, 3.05) is 31.2 Å². The van der Waals surface area contributed by atoms with Gasteiger partial charge < -0.3 is 23.8 Å². The molecule has 7 nitrogen and oxygen atoms in total. The second kappa shape index (κ2) is 12.5. The van der Waals surface area contributed by atoms with Crippen molar-refractivity contribution >= 4 is 5.69 Å². The van der Waals surface area contributed by atoms with Gasteiger partial charge in [-0.25, -0.2) is 0 Å². The third-order valence-electron chi connectivity index (χ3n) is 7.53. The van der Waals surface area contributed by atoms with Gasteiger partial charge in [0.05, 0.1) is 35.9 Å². The zero-order chi connectivity index (χ0) is 27.1. The molecule has 0 spiro atoms. The minimum atomic E-state index is -0.0369. The first-order valence-corrected chi connectivity index (χ1v) is 14.0. The molecule has 2 fully saturated rings. The lowest BCUT2D eigenvalue weighted by Crippen LogP contribution is -2.38. The molecule has 2 aliphatic heterocycles.